The van der Waals surface area contributed by atoms with Crippen LogP contribution in [0.1, 0.15) is 57.8 Å². The average Bonchev–Trinajstić information content (AvgIpc) is 2.86. The summed E-state index contributed by atoms with van der Waals surface area (Å²) in [5.74, 6) is 0.132. The maximum absolute atomic E-state index is 10.8. The van der Waals surface area contributed by atoms with Gasteiger partial charge in [0.1, 0.15) is 0 Å². The fourth-order valence-electron chi connectivity index (χ4n) is 3.08. The van der Waals surface area contributed by atoms with E-state index in [0.29, 0.717) is 6.42 Å². The quantitative estimate of drug-likeness (QED) is 0.704. The summed E-state index contributed by atoms with van der Waals surface area (Å²) >= 11 is 0. The number of carboxylic acids is 1. The molecule has 0 aromatic carbocycles. The lowest BCUT2D eigenvalue weighted by molar-refractivity contribution is -0.139. The number of carbonyl (C=O) groups is 1. The van der Waals surface area contributed by atoms with Gasteiger partial charge in [0.05, 0.1) is 6.42 Å². The van der Waals surface area contributed by atoms with Gasteiger partial charge in [-0.25, -0.2) is 0 Å². The van der Waals surface area contributed by atoms with Crippen molar-refractivity contribution in [3.63, 3.8) is 0 Å². The number of aliphatic carboxylic acids is 1. The van der Waals surface area contributed by atoms with Crippen molar-refractivity contribution >= 4 is 5.97 Å². The molecule has 2 rings (SSSR count). The Kier molecular flexibility index (Phi) is 2.80. The lowest BCUT2D eigenvalue weighted by atomic mass is 9.81. The van der Waals surface area contributed by atoms with Crippen LogP contribution in [0.2, 0.25) is 0 Å². The van der Waals surface area contributed by atoms with Gasteiger partial charge in [-0.3, -0.25) is 4.79 Å². The summed E-state index contributed by atoms with van der Waals surface area (Å²) in [7, 11) is 0. The fourth-order valence-corrected chi connectivity index (χ4v) is 3.08. The zero-order chi connectivity index (χ0) is 10.0. The van der Waals surface area contributed by atoms with E-state index in [4.69, 9.17) is 5.11 Å². The van der Waals surface area contributed by atoms with Crippen molar-refractivity contribution in [1.82, 2.24) is 0 Å². The molecule has 2 saturated carbocycles. The van der Waals surface area contributed by atoms with Gasteiger partial charge < -0.3 is 5.11 Å². The lowest BCUT2D eigenvalue weighted by Gasteiger charge is -2.24. The molecule has 2 heteroatoms. The lowest BCUT2D eigenvalue weighted by Crippen LogP contribution is -2.19. The Morgan fingerprint density at radius 3 is 2.14 bits per heavy atom. The van der Waals surface area contributed by atoms with Crippen LogP contribution < -0.4 is 0 Å². The van der Waals surface area contributed by atoms with Crippen molar-refractivity contribution in [3.05, 3.63) is 0 Å². The van der Waals surface area contributed by atoms with Crippen LogP contribution in [0.15, 0.2) is 0 Å². The van der Waals surface area contributed by atoms with E-state index in [9.17, 15) is 4.79 Å². The Balaban J connectivity index is 1.94. The summed E-state index contributed by atoms with van der Waals surface area (Å²) in [6.07, 6.45) is 10.7. The maximum Gasteiger partial charge on any atom is 0.303 e. The van der Waals surface area contributed by atoms with E-state index < -0.39 is 5.97 Å². The van der Waals surface area contributed by atoms with E-state index in [1.165, 1.54) is 51.4 Å². The van der Waals surface area contributed by atoms with Crippen molar-refractivity contribution in [2.75, 3.05) is 0 Å². The van der Waals surface area contributed by atoms with Crippen LogP contribution in [-0.2, 0) is 4.79 Å². The van der Waals surface area contributed by atoms with Gasteiger partial charge in [0.25, 0.3) is 0 Å². The Bertz CT molecular complexity index is 210. The maximum atomic E-state index is 10.8. The summed E-state index contributed by atoms with van der Waals surface area (Å²) in [4.78, 5) is 10.8. The molecule has 0 aliphatic heterocycles. The Hall–Kier alpha value is -0.530. The van der Waals surface area contributed by atoms with Gasteiger partial charge in [0, 0.05) is 0 Å². The second-order valence-electron chi connectivity index (χ2n) is 5.12. The normalized spacial score (nSPS) is 26.9. The summed E-state index contributed by atoms with van der Waals surface area (Å²) in [6.45, 7) is 0. The van der Waals surface area contributed by atoms with Crippen molar-refractivity contribution in [2.45, 2.75) is 57.8 Å². The molecular formula is C12H20O2. The monoisotopic (exact) mass is 196 g/mol. The second kappa shape index (κ2) is 3.92. The van der Waals surface area contributed by atoms with Crippen LogP contribution in [0.25, 0.3) is 0 Å². The third kappa shape index (κ3) is 2.10. The SMILES string of the molecule is O=C(O)CC1(C2CCCCCC2)CC1. The van der Waals surface area contributed by atoms with E-state index in [1.54, 1.807) is 0 Å². The van der Waals surface area contributed by atoms with E-state index >= 15 is 0 Å². The van der Waals surface area contributed by atoms with Crippen molar-refractivity contribution < 1.29 is 9.90 Å². The topological polar surface area (TPSA) is 37.3 Å². The van der Waals surface area contributed by atoms with Crippen molar-refractivity contribution in [1.29, 1.82) is 0 Å². The Morgan fingerprint density at radius 2 is 1.71 bits per heavy atom. The van der Waals surface area contributed by atoms with Crippen LogP contribution in [0.4, 0.5) is 0 Å². The molecule has 80 valence electrons. The average molecular weight is 196 g/mol. The summed E-state index contributed by atoms with van der Waals surface area (Å²) < 4.78 is 0. The van der Waals surface area contributed by atoms with Crippen LogP contribution in [0.5, 0.6) is 0 Å². The minimum absolute atomic E-state index is 0.232. The third-order valence-corrected chi connectivity index (χ3v) is 4.12. The molecule has 0 heterocycles. The Labute approximate surface area is 85.7 Å². The molecule has 0 bridgehead atoms. The van der Waals surface area contributed by atoms with E-state index in [1.807, 2.05) is 0 Å². The first-order valence-corrected chi connectivity index (χ1v) is 5.95. The van der Waals surface area contributed by atoms with Crippen LogP contribution >= 0.6 is 0 Å². The predicted molar refractivity (Wildman–Crippen MR) is 55.1 cm³/mol. The molecule has 14 heavy (non-hydrogen) atoms. The molecule has 0 radical (unpaired) electrons. The molecule has 0 saturated heterocycles. The van der Waals surface area contributed by atoms with E-state index in [0.717, 1.165) is 5.92 Å². The van der Waals surface area contributed by atoms with Crippen molar-refractivity contribution in [3.8, 4) is 0 Å². The van der Waals surface area contributed by atoms with Gasteiger partial charge in [-0.1, -0.05) is 25.7 Å². The molecule has 0 spiro atoms. The first-order chi connectivity index (χ1) is 6.73. The van der Waals surface area contributed by atoms with E-state index in [2.05, 4.69) is 0 Å². The molecule has 2 fully saturated rings. The zero-order valence-corrected chi connectivity index (χ0v) is 8.80. The van der Waals surface area contributed by atoms with Gasteiger partial charge in [-0.05, 0) is 37.0 Å². The van der Waals surface area contributed by atoms with Crippen LogP contribution in [0, 0.1) is 11.3 Å². The van der Waals surface area contributed by atoms with Crippen LogP contribution in [0.3, 0.4) is 0 Å². The molecule has 0 unspecified atom stereocenters. The minimum Gasteiger partial charge on any atom is -0.481 e. The molecule has 0 atom stereocenters. The van der Waals surface area contributed by atoms with Crippen molar-refractivity contribution in [2.24, 2.45) is 11.3 Å². The molecule has 0 amide bonds. The first-order valence-electron chi connectivity index (χ1n) is 5.95. The predicted octanol–water partition coefficient (Wildman–Crippen LogP) is 3.21. The molecule has 2 nitrogen and oxygen atoms in total. The highest BCUT2D eigenvalue weighted by Gasteiger charge is 2.49. The zero-order valence-electron chi connectivity index (χ0n) is 8.80. The highest BCUT2D eigenvalue weighted by atomic mass is 16.4. The summed E-state index contributed by atoms with van der Waals surface area (Å²) in [5, 5.41) is 8.89. The first kappa shape index (κ1) is 10.0. The minimum atomic E-state index is -0.591. The highest BCUT2D eigenvalue weighted by Crippen LogP contribution is 2.58. The second-order valence-corrected chi connectivity index (χ2v) is 5.12. The summed E-state index contributed by atoms with van der Waals surface area (Å²) in [5.41, 5.74) is 0.232. The number of hydrogen-bond acceptors (Lipinski definition) is 1. The number of rotatable bonds is 3. The van der Waals surface area contributed by atoms with Gasteiger partial charge in [-0.15, -0.1) is 0 Å². The molecule has 0 aromatic rings. The Morgan fingerprint density at radius 1 is 1.14 bits per heavy atom. The van der Waals surface area contributed by atoms with Gasteiger partial charge >= 0.3 is 5.97 Å². The number of carboxylic acid groups (broad SMARTS) is 1. The fraction of sp³-hybridized carbons (Fsp3) is 0.917. The molecule has 2 aliphatic carbocycles. The molecular weight excluding hydrogens is 176 g/mol. The number of hydrogen-bond donors (Lipinski definition) is 1. The van der Waals surface area contributed by atoms with E-state index in [-0.39, 0.29) is 5.41 Å². The molecule has 2 aliphatic rings. The smallest absolute Gasteiger partial charge is 0.303 e. The largest absolute Gasteiger partial charge is 0.481 e. The highest BCUT2D eigenvalue weighted by molar-refractivity contribution is 5.68. The van der Waals surface area contributed by atoms with Gasteiger partial charge in [0.2, 0.25) is 0 Å². The molecule has 1 N–H and O–H groups in total. The standard InChI is InChI=1S/C12H20O2/c13-11(14)9-12(7-8-12)10-5-3-1-2-4-6-10/h10H,1-9H2,(H,13,14). The van der Waals surface area contributed by atoms with Gasteiger partial charge in [-0.2, -0.15) is 0 Å². The molecule has 0 aromatic heterocycles. The third-order valence-electron chi connectivity index (χ3n) is 4.12. The van der Waals surface area contributed by atoms with Crippen LogP contribution in [-0.4, -0.2) is 11.1 Å². The van der Waals surface area contributed by atoms with Gasteiger partial charge in [0.15, 0.2) is 0 Å². The summed E-state index contributed by atoms with van der Waals surface area (Å²) in [6, 6.07) is 0.